The Morgan fingerprint density at radius 1 is 1.36 bits per heavy atom. The third kappa shape index (κ3) is 5.21. The summed E-state index contributed by atoms with van der Waals surface area (Å²) in [6.07, 6.45) is 5.89. The molecular weight excluding hydrogens is 316 g/mol. The molecule has 0 N–H and O–H groups in total. The number of likely N-dealkylation sites (tertiary alicyclic amines) is 1. The first-order valence-corrected chi connectivity index (χ1v) is 8.92. The van der Waals surface area contributed by atoms with Crippen LogP contribution in [0.25, 0.3) is 0 Å². The summed E-state index contributed by atoms with van der Waals surface area (Å²) >= 11 is 0. The first-order chi connectivity index (χ1) is 11.7. The molecular formula is C20H30N2O3. The Morgan fingerprint density at radius 2 is 2.08 bits per heavy atom. The van der Waals surface area contributed by atoms with Crippen LogP contribution in [0.15, 0.2) is 28.2 Å². The third-order valence-corrected chi connectivity index (χ3v) is 4.79. The Bertz CT molecular complexity index is 656. The summed E-state index contributed by atoms with van der Waals surface area (Å²) in [7, 11) is 3.38. The number of piperidine rings is 1. The van der Waals surface area contributed by atoms with Crippen LogP contribution in [0.2, 0.25) is 0 Å². The molecule has 1 atom stereocenters. The van der Waals surface area contributed by atoms with Gasteiger partial charge < -0.3 is 14.2 Å². The fourth-order valence-electron chi connectivity index (χ4n) is 3.24. The van der Waals surface area contributed by atoms with Gasteiger partial charge in [0.05, 0.1) is 6.54 Å². The summed E-state index contributed by atoms with van der Waals surface area (Å²) < 4.78 is 5.64. The summed E-state index contributed by atoms with van der Waals surface area (Å²) in [4.78, 5) is 27.6. The molecule has 138 valence electrons. The molecule has 5 nitrogen and oxygen atoms in total. The highest BCUT2D eigenvalue weighted by atomic mass is 16.4. The molecule has 5 heteroatoms. The highest BCUT2D eigenvalue weighted by Crippen LogP contribution is 2.35. The SMILES string of the molecule is CC(C)=CCC[C@]1(C)CCC(=O)N(Cc2ccc(C(=O)N(C)C)o2)C1. The molecule has 0 unspecified atom stereocenters. The summed E-state index contributed by atoms with van der Waals surface area (Å²) in [5.74, 6) is 0.974. The first-order valence-electron chi connectivity index (χ1n) is 8.92. The molecule has 0 saturated carbocycles. The van der Waals surface area contributed by atoms with Gasteiger partial charge in [0.25, 0.3) is 5.91 Å². The second kappa shape index (κ2) is 7.89. The van der Waals surface area contributed by atoms with Crippen LogP contribution < -0.4 is 0 Å². The molecule has 0 bridgehead atoms. The van der Waals surface area contributed by atoms with E-state index >= 15 is 0 Å². The number of amides is 2. The van der Waals surface area contributed by atoms with Crippen LogP contribution in [0, 0.1) is 5.41 Å². The summed E-state index contributed by atoms with van der Waals surface area (Å²) in [5.41, 5.74) is 1.47. The van der Waals surface area contributed by atoms with E-state index in [0.717, 1.165) is 25.8 Å². The minimum atomic E-state index is -0.164. The molecule has 1 saturated heterocycles. The van der Waals surface area contributed by atoms with E-state index in [2.05, 4.69) is 26.8 Å². The number of hydrogen-bond acceptors (Lipinski definition) is 3. The van der Waals surface area contributed by atoms with Crippen molar-refractivity contribution >= 4 is 11.8 Å². The minimum Gasteiger partial charge on any atom is -0.454 e. The number of carbonyl (C=O) groups excluding carboxylic acids is 2. The van der Waals surface area contributed by atoms with Crippen LogP contribution in [0.1, 0.15) is 62.8 Å². The van der Waals surface area contributed by atoms with Gasteiger partial charge in [-0.25, -0.2) is 0 Å². The predicted molar refractivity (Wildman–Crippen MR) is 98.1 cm³/mol. The van der Waals surface area contributed by atoms with Gasteiger partial charge >= 0.3 is 0 Å². The van der Waals surface area contributed by atoms with Gasteiger partial charge in [0.1, 0.15) is 5.76 Å². The van der Waals surface area contributed by atoms with E-state index in [9.17, 15) is 9.59 Å². The topological polar surface area (TPSA) is 53.8 Å². The smallest absolute Gasteiger partial charge is 0.289 e. The zero-order valence-electron chi connectivity index (χ0n) is 16.1. The van der Waals surface area contributed by atoms with Crippen LogP contribution >= 0.6 is 0 Å². The molecule has 2 rings (SSSR count). The fourth-order valence-corrected chi connectivity index (χ4v) is 3.24. The number of nitrogens with zero attached hydrogens (tertiary/aromatic N) is 2. The molecule has 1 aliphatic heterocycles. The molecule has 1 aliphatic rings. The monoisotopic (exact) mass is 346 g/mol. The molecule has 1 fully saturated rings. The van der Waals surface area contributed by atoms with Crippen molar-refractivity contribution in [1.29, 1.82) is 0 Å². The number of hydrogen-bond donors (Lipinski definition) is 0. The second-order valence-electron chi connectivity index (χ2n) is 7.85. The normalized spacial score (nSPS) is 20.5. The number of furan rings is 1. The van der Waals surface area contributed by atoms with Crippen LogP contribution in [-0.4, -0.2) is 42.3 Å². The Morgan fingerprint density at radius 3 is 2.72 bits per heavy atom. The second-order valence-corrected chi connectivity index (χ2v) is 7.85. The van der Waals surface area contributed by atoms with Crippen molar-refractivity contribution < 1.29 is 14.0 Å². The van der Waals surface area contributed by atoms with Crippen molar-refractivity contribution in [2.75, 3.05) is 20.6 Å². The van der Waals surface area contributed by atoms with E-state index in [1.54, 1.807) is 26.2 Å². The Hall–Kier alpha value is -2.04. The molecule has 0 radical (unpaired) electrons. The van der Waals surface area contributed by atoms with E-state index in [0.29, 0.717) is 24.5 Å². The van der Waals surface area contributed by atoms with Crippen molar-refractivity contribution in [2.45, 2.75) is 53.0 Å². The summed E-state index contributed by atoms with van der Waals surface area (Å²) in [6.45, 7) is 7.65. The van der Waals surface area contributed by atoms with Gasteiger partial charge in [-0.1, -0.05) is 18.6 Å². The zero-order chi connectivity index (χ0) is 18.6. The van der Waals surface area contributed by atoms with E-state index < -0.39 is 0 Å². The number of rotatable bonds is 6. The first kappa shape index (κ1) is 19.3. The van der Waals surface area contributed by atoms with E-state index in [-0.39, 0.29) is 17.2 Å². The van der Waals surface area contributed by atoms with Crippen molar-refractivity contribution in [3.63, 3.8) is 0 Å². The molecule has 0 aliphatic carbocycles. The molecule has 0 spiro atoms. The van der Waals surface area contributed by atoms with Crippen molar-refractivity contribution in [3.05, 3.63) is 35.3 Å². The van der Waals surface area contributed by atoms with Gasteiger partial charge in [0, 0.05) is 27.1 Å². The van der Waals surface area contributed by atoms with Crippen molar-refractivity contribution in [2.24, 2.45) is 5.41 Å². The largest absolute Gasteiger partial charge is 0.454 e. The van der Waals surface area contributed by atoms with E-state index in [1.807, 2.05) is 4.90 Å². The lowest BCUT2D eigenvalue weighted by molar-refractivity contribution is -0.138. The van der Waals surface area contributed by atoms with Crippen LogP contribution in [0.3, 0.4) is 0 Å². The highest BCUT2D eigenvalue weighted by Gasteiger charge is 2.34. The molecule has 2 heterocycles. The zero-order valence-corrected chi connectivity index (χ0v) is 16.1. The standard InChI is InChI=1S/C20H30N2O3/c1-15(2)7-6-11-20(3)12-10-18(23)22(14-20)13-16-8-9-17(25-16)19(24)21(4)5/h7-9H,6,10-14H2,1-5H3/t20-/m1/s1. The lowest BCUT2D eigenvalue weighted by Gasteiger charge is -2.40. The Balaban J connectivity index is 2.01. The van der Waals surface area contributed by atoms with Crippen LogP contribution in [0.4, 0.5) is 0 Å². The van der Waals surface area contributed by atoms with Gasteiger partial charge in [-0.15, -0.1) is 0 Å². The average Bonchev–Trinajstić information content (AvgIpc) is 2.98. The van der Waals surface area contributed by atoms with E-state index in [4.69, 9.17) is 4.42 Å². The molecule has 0 aromatic carbocycles. The maximum absolute atomic E-state index is 12.3. The molecule has 1 aromatic rings. The lowest BCUT2D eigenvalue weighted by Crippen LogP contribution is -2.44. The fraction of sp³-hybridized carbons (Fsp3) is 0.600. The average molecular weight is 346 g/mol. The van der Waals surface area contributed by atoms with Crippen LogP contribution in [-0.2, 0) is 11.3 Å². The third-order valence-electron chi connectivity index (χ3n) is 4.79. The maximum atomic E-state index is 12.3. The van der Waals surface area contributed by atoms with E-state index in [1.165, 1.54) is 10.5 Å². The van der Waals surface area contributed by atoms with Gasteiger partial charge in [0.15, 0.2) is 5.76 Å². The summed E-state index contributed by atoms with van der Waals surface area (Å²) in [6, 6.07) is 3.47. The van der Waals surface area contributed by atoms with Gasteiger partial charge in [0.2, 0.25) is 5.91 Å². The van der Waals surface area contributed by atoms with Gasteiger partial charge in [-0.05, 0) is 50.7 Å². The maximum Gasteiger partial charge on any atom is 0.289 e. The van der Waals surface area contributed by atoms with Crippen molar-refractivity contribution in [1.82, 2.24) is 9.80 Å². The minimum absolute atomic E-state index is 0.134. The number of carbonyl (C=O) groups is 2. The van der Waals surface area contributed by atoms with Crippen molar-refractivity contribution in [3.8, 4) is 0 Å². The highest BCUT2D eigenvalue weighted by molar-refractivity contribution is 5.91. The molecule has 2 amide bonds. The predicted octanol–water partition coefficient (Wildman–Crippen LogP) is 3.86. The Labute approximate surface area is 150 Å². The lowest BCUT2D eigenvalue weighted by atomic mass is 9.77. The van der Waals surface area contributed by atoms with Gasteiger partial charge in [-0.2, -0.15) is 0 Å². The quantitative estimate of drug-likeness (QED) is 0.735. The summed E-state index contributed by atoms with van der Waals surface area (Å²) in [5, 5.41) is 0. The van der Waals surface area contributed by atoms with Gasteiger partial charge in [-0.3, -0.25) is 9.59 Å². The Kier molecular flexibility index (Phi) is 6.09. The number of allylic oxidation sites excluding steroid dienone is 2. The molecule has 25 heavy (non-hydrogen) atoms. The molecule has 1 aromatic heterocycles. The van der Waals surface area contributed by atoms with Crippen LogP contribution in [0.5, 0.6) is 0 Å².